The average Bonchev–Trinajstić information content (AvgIpc) is 2.90. The highest BCUT2D eigenvalue weighted by Crippen LogP contribution is 2.24. The lowest BCUT2D eigenvalue weighted by molar-refractivity contribution is -0.137. The van der Waals surface area contributed by atoms with Crippen LogP contribution >= 0.6 is 0 Å². The molecule has 26 heavy (non-hydrogen) atoms. The summed E-state index contributed by atoms with van der Waals surface area (Å²) < 4.78 is 0. The number of carbonyl (C=O) groups excluding carboxylic acids is 3. The fourth-order valence-corrected chi connectivity index (χ4v) is 2.73. The molecular weight excluding hydrogens is 332 g/mol. The number of anilines is 1. The number of nitrogens with one attached hydrogen (secondary N) is 1. The van der Waals surface area contributed by atoms with Crippen LogP contribution < -0.4 is 5.32 Å². The molecule has 0 aliphatic carbocycles. The van der Waals surface area contributed by atoms with E-state index in [1.54, 1.807) is 18.2 Å². The number of β-amino-alcohol motifs (C(OH)–C–C–N with tert-alkyl or cyclic N) is 1. The van der Waals surface area contributed by atoms with Crippen molar-refractivity contribution >= 4 is 23.3 Å². The molecule has 2 aromatic carbocycles. The number of ketones is 1. The molecule has 2 aromatic rings. The Morgan fingerprint density at radius 3 is 2.46 bits per heavy atom. The van der Waals surface area contributed by atoms with Crippen LogP contribution in [0, 0.1) is 0 Å². The van der Waals surface area contributed by atoms with Crippen molar-refractivity contribution in [3.8, 4) is 11.1 Å². The van der Waals surface area contributed by atoms with Crippen LogP contribution in [-0.2, 0) is 9.59 Å². The van der Waals surface area contributed by atoms with Gasteiger partial charge in [0, 0.05) is 17.3 Å². The number of carbonyl (C=O) groups is 3. The highest BCUT2D eigenvalue weighted by Gasteiger charge is 2.30. The summed E-state index contributed by atoms with van der Waals surface area (Å²) in [6.45, 7) is 1.23. The maximum atomic E-state index is 12.1. The molecule has 0 saturated heterocycles. The van der Waals surface area contributed by atoms with Crippen LogP contribution in [0.25, 0.3) is 11.1 Å². The minimum atomic E-state index is -0.456. The van der Waals surface area contributed by atoms with E-state index < -0.39 is 11.8 Å². The second-order valence-corrected chi connectivity index (χ2v) is 5.92. The maximum Gasteiger partial charge on any atom is 0.277 e. The zero-order valence-corrected chi connectivity index (χ0v) is 14.2. The zero-order valence-electron chi connectivity index (χ0n) is 14.2. The standard InChI is InChI=1S/C20H18N2O4/c1-13(24)15-3-2-4-16(11-15)14-5-7-17(8-6-14)21-18-12-19(25)22(9-10-23)20(18)26/h2-8,11-12,21,23H,9-10H2,1H3. The molecule has 0 atom stereocenters. The largest absolute Gasteiger partial charge is 0.395 e. The predicted octanol–water partition coefficient (Wildman–Crippen LogP) is 2.21. The lowest BCUT2D eigenvalue weighted by atomic mass is 10.0. The second kappa shape index (κ2) is 7.33. The number of benzene rings is 2. The van der Waals surface area contributed by atoms with Crippen molar-refractivity contribution in [2.45, 2.75) is 6.92 Å². The minimum Gasteiger partial charge on any atom is -0.395 e. The van der Waals surface area contributed by atoms with Crippen LogP contribution in [0.15, 0.2) is 60.3 Å². The van der Waals surface area contributed by atoms with Gasteiger partial charge in [0.05, 0.1) is 13.2 Å². The van der Waals surface area contributed by atoms with Gasteiger partial charge in [-0.25, -0.2) is 0 Å². The van der Waals surface area contributed by atoms with Gasteiger partial charge in [0.1, 0.15) is 5.70 Å². The van der Waals surface area contributed by atoms with Gasteiger partial charge in [-0.2, -0.15) is 0 Å². The summed E-state index contributed by atoms with van der Waals surface area (Å²) in [5.74, 6) is -0.888. The van der Waals surface area contributed by atoms with Crippen molar-refractivity contribution in [2.75, 3.05) is 18.5 Å². The molecule has 2 N–H and O–H groups in total. The third-order valence-corrected chi connectivity index (χ3v) is 4.10. The van der Waals surface area contributed by atoms with Gasteiger partial charge < -0.3 is 10.4 Å². The number of Topliss-reactive ketones (excluding diaryl/α,β-unsaturated/α-hetero) is 1. The lowest BCUT2D eigenvalue weighted by Gasteiger charge is -2.13. The van der Waals surface area contributed by atoms with Crippen molar-refractivity contribution in [3.05, 3.63) is 65.9 Å². The first-order chi connectivity index (χ1) is 12.5. The Morgan fingerprint density at radius 1 is 1.08 bits per heavy atom. The zero-order chi connectivity index (χ0) is 18.7. The van der Waals surface area contributed by atoms with Crippen molar-refractivity contribution in [2.24, 2.45) is 0 Å². The Hall–Kier alpha value is -3.25. The Balaban J connectivity index is 1.76. The second-order valence-electron chi connectivity index (χ2n) is 5.92. The van der Waals surface area contributed by atoms with Gasteiger partial charge >= 0.3 is 0 Å². The van der Waals surface area contributed by atoms with Crippen LogP contribution in [0.5, 0.6) is 0 Å². The van der Waals surface area contributed by atoms with E-state index in [0.29, 0.717) is 11.3 Å². The Morgan fingerprint density at radius 2 is 1.81 bits per heavy atom. The number of nitrogens with zero attached hydrogens (tertiary/aromatic N) is 1. The molecule has 0 aromatic heterocycles. The summed E-state index contributed by atoms with van der Waals surface area (Å²) in [4.78, 5) is 36.4. The van der Waals surface area contributed by atoms with Crippen molar-refractivity contribution in [1.82, 2.24) is 4.90 Å². The van der Waals surface area contributed by atoms with Gasteiger partial charge in [0.25, 0.3) is 11.8 Å². The molecule has 0 radical (unpaired) electrons. The summed E-state index contributed by atoms with van der Waals surface area (Å²) in [6.07, 6.45) is 1.22. The molecule has 1 aliphatic heterocycles. The number of hydrogen-bond donors (Lipinski definition) is 2. The van der Waals surface area contributed by atoms with E-state index in [-0.39, 0.29) is 24.6 Å². The molecule has 0 spiro atoms. The van der Waals surface area contributed by atoms with Crippen molar-refractivity contribution < 1.29 is 19.5 Å². The van der Waals surface area contributed by atoms with Gasteiger partial charge in [0.2, 0.25) is 0 Å². The maximum absolute atomic E-state index is 12.1. The smallest absolute Gasteiger partial charge is 0.277 e. The van der Waals surface area contributed by atoms with Gasteiger partial charge in [0.15, 0.2) is 5.78 Å². The first-order valence-electron chi connectivity index (χ1n) is 8.16. The number of aliphatic hydroxyl groups excluding tert-OH is 1. The summed E-state index contributed by atoms with van der Waals surface area (Å²) in [6, 6.07) is 14.7. The molecule has 6 heteroatoms. The number of imide groups is 1. The fraction of sp³-hybridized carbons (Fsp3) is 0.150. The SMILES string of the molecule is CC(=O)c1cccc(-c2ccc(NC3=CC(=O)N(CCO)C3=O)cc2)c1. The molecule has 3 rings (SSSR count). The monoisotopic (exact) mass is 350 g/mol. The van der Waals surface area contributed by atoms with Crippen molar-refractivity contribution in [1.29, 1.82) is 0 Å². The summed E-state index contributed by atoms with van der Waals surface area (Å²) in [7, 11) is 0. The van der Waals surface area contributed by atoms with Gasteiger partial charge in [-0.1, -0.05) is 30.3 Å². The predicted molar refractivity (Wildman–Crippen MR) is 97.4 cm³/mol. The molecule has 0 bridgehead atoms. The molecule has 2 amide bonds. The minimum absolute atomic E-state index is 0.00826. The first-order valence-corrected chi connectivity index (χ1v) is 8.16. The molecule has 0 fully saturated rings. The first kappa shape index (κ1) is 17.6. The third-order valence-electron chi connectivity index (χ3n) is 4.10. The summed E-state index contributed by atoms with van der Waals surface area (Å²) in [5.41, 5.74) is 3.34. The summed E-state index contributed by atoms with van der Waals surface area (Å²) in [5, 5.41) is 11.9. The molecule has 1 aliphatic rings. The van der Waals surface area contributed by atoms with E-state index in [4.69, 9.17) is 5.11 Å². The number of rotatable bonds is 6. The highest BCUT2D eigenvalue weighted by molar-refractivity contribution is 6.17. The summed E-state index contributed by atoms with van der Waals surface area (Å²) >= 11 is 0. The van der Waals surface area contributed by atoms with Crippen LogP contribution in [0.4, 0.5) is 5.69 Å². The number of amides is 2. The van der Waals surface area contributed by atoms with Gasteiger partial charge in [-0.05, 0) is 36.2 Å². The molecule has 1 heterocycles. The lowest BCUT2D eigenvalue weighted by Crippen LogP contribution is -2.34. The van der Waals surface area contributed by atoms with Crippen molar-refractivity contribution in [3.63, 3.8) is 0 Å². The van der Waals surface area contributed by atoms with Crippen LogP contribution in [0.3, 0.4) is 0 Å². The molecule has 6 nitrogen and oxygen atoms in total. The fourth-order valence-electron chi connectivity index (χ4n) is 2.73. The van der Waals surface area contributed by atoms with E-state index in [2.05, 4.69) is 5.32 Å². The van der Waals surface area contributed by atoms with Gasteiger partial charge in [-0.15, -0.1) is 0 Å². The molecule has 0 unspecified atom stereocenters. The Bertz CT molecular complexity index is 900. The molecule has 0 saturated carbocycles. The van der Waals surface area contributed by atoms with E-state index >= 15 is 0 Å². The van der Waals surface area contributed by atoms with E-state index in [9.17, 15) is 14.4 Å². The van der Waals surface area contributed by atoms with E-state index in [0.717, 1.165) is 16.0 Å². The van der Waals surface area contributed by atoms with E-state index in [1.807, 2.05) is 30.3 Å². The topological polar surface area (TPSA) is 86.7 Å². The molecular formula is C20H18N2O4. The average molecular weight is 350 g/mol. The Labute approximate surface area is 150 Å². The van der Waals surface area contributed by atoms with Gasteiger partial charge in [-0.3, -0.25) is 19.3 Å². The molecule has 132 valence electrons. The quantitative estimate of drug-likeness (QED) is 0.616. The number of aliphatic hydroxyl groups is 1. The van der Waals surface area contributed by atoms with Crippen LogP contribution in [0.2, 0.25) is 0 Å². The highest BCUT2D eigenvalue weighted by atomic mass is 16.3. The van der Waals surface area contributed by atoms with Crippen LogP contribution in [-0.4, -0.2) is 40.8 Å². The van der Waals surface area contributed by atoms with Crippen LogP contribution in [0.1, 0.15) is 17.3 Å². The Kier molecular flexibility index (Phi) is 4.95. The normalized spacial score (nSPS) is 13.8. The number of hydrogen-bond acceptors (Lipinski definition) is 5. The third kappa shape index (κ3) is 3.55. The van der Waals surface area contributed by atoms with E-state index in [1.165, 1.54) is 13.0 Å².